The molecule has 4 atom stereocenters. The number of fused-ring (bicyclic) bond motifs is 1. The molecule has 1 aromatic rings. The van der Waals surface area contributed by atoms with Gasteiger partial charge < -0.3 is 18.6 Å². The van der Waals surface area contributed by atoms with Crippen molar-refractivity contribution in [3.05, 3.63) is 57.2 Å². The number of rotatable bonds is 5. The van der Waals surface area contributed by atoms with Crippen molar-refractivity contribution in [3.63, 3.8) is 0 Å². The summed E-state index contributed by atoms with van der Waals surface area (Å²) < 4.78 is 22.7. The molecule has 0 spiro atoms. The molecule has 0 bridgehead atoms. The Bertz CT molecular complexity index is 935. The maximum atomic E-state index is 11.8. The Labute approximate surface area is 166 Å². The summed E-state index contributed by atoms with van der Waals surface area (Å²) in [5.41, 5.74) is 2.82. The number of hydrogen-bond donors (Lipinski definition) is 0. The molecule has 0 aliphatic carbocycles. The lowest BCUT2D eigenvalue weighted by Gasteiger charge is -2.24. The van der Waals surface area contributed by atoms with Crippen LogP contribution >= 0.6 is 0 Å². The van der Waals surface area contributed by atoms with Crippen molar-refractivity contribution in [1.29, 1.82) is 0 Å². The maximum Gasteiger partial charge on any atom is 0.339 e. The average molecular weight is 386 g/mol. The molecule has 2 aliphatic rings. The molecule has 0 saturated carbocycles. The maximum absolute atomic E-state index is 11.8. The summed E-state index contributed by atoms with van der Waals surface area (Å²) >= 11 is 0. The van der Waals surface area contributed by atoms with Crippen LogP contribution in [-0.4, -0.2) is 30.5 Å². The zero-order valence-electron chi connectivity index (χ0n) is 18.0. The van der Waals surface area contributed by atoms with E-state index in [1.807, 2.05) is 26.8 Å². The van der Waals surface area contributed by atoms with Gasteiger partial charge in [0.2, 0.25) is 0 Å². The molecule has 2 saturated heterocycles. The van der Waals surface area contributed by atoms with Crippen molar-refractivity contribution in [2.45, 2.75) is 71.9 Å². The van der Waals surface area contributed by atoms with E-state index < -0.39 is 11.2 Å². The van der Waals surface area contributed by atoms with Gasteiger partial charge in [-0.15, -0.1) is 0 Å². The largest absolute Gasteiger partial charge is 0.496 e. The first-order valence-corrected chi connectivity index (χ1v) is 9.61. The molecule has 0 aromatic carbocycles. The lowest BCUT2D eigenvalue weighted by Crippen LogP contribution is -2.30. The molecule has 5 heteroatoms. The second-order valence-corrected chi connectivity index (χ2v) is 8.32. The highest BCUT2D eigenvalue weighted by Gasteiger charge is 2.70. The Kier molecular flexibility index (Phi) is 5.19. The van der Waals surface area contributed by atoms with Crippen LogP contribution in [0.2, 0.25) is 0 Å². The number of epoxide rings is 1. The Morgan fingerprint density at radius 1 is 1.14 bits per heavy atom. The zero-order valence-corrected chi connectivity index (χ0v) is 18.0. The third-order valence-corrected chi connectivity index (χ3v) is 5.75. The van der Waals surface area contributed by atoms with Crippen LogP contribution in [0, 0.1) is 6.92 Å². The topological polar surface area (TPSA) is 61.2 Å². The standard InChI is InChI=1S/C23H30O5/c1-13(10-15(3)20-16(4)18(25-8)11-19(24)26-20)9-14(2)12-22(6)21-23(7,28-21)17(5)27-22/h9-12,17,21H,1-8H3. The summed E-state index contributed by atoms with van der Waals surface area (Å²) in [6, 6.07) is 1.36. The van der Waals surface area contributed by atoms with Gasteiger partial charge >= 0.3 is 5.63 Å². The van der Waals surface area contributed by atoms with Crippen LogP contribution in [0.5, 0.6) is 5.75 Å². The zero-order chi connectivity index (χ0) is 20.9. The van der Waals surface area contributed by atoms with Crippen LogP contribution in [0.3, 0.4) is 0 Å². The fourth-order valence-electron chi connectivity index (χ4n) is 4.31. The third kappa shape index (κ3) is 3.61. The monoisotopic (exact) mass is 386 g/mol. The van der Waals surface area contributed by atoms with Crippen LogP contribution in [0.25, 0.3) is 5.57 Å². The van der Waals surface area contributed by atoms with Crippen molar-refractivity contribution in [2.75, 3.05) is 7.11 Å². The van der Waals surface area contributed by atoms with E-state index in [2.05, 4.69) is 39.8 Å². The molecular weight excluding hydrogens is 356 g/mol. The van der Waals surface area contributed by atoms with E-state index in [0.29, 0.717) is 11.5 Å². The summed E-state index contributed by atoms with van der Waals surface area (Å²) in [6.45, 7) is 14.1. The fourth-order valence-corrected chi connectivity index (χ4v) is 4.31. The highest BCUT2D eigenvalue weighted by Crippen LogP contribution is 2.55. The lowest BCUT2D eigenvalue weighted by atomic mass is 9.93. The van der Waals surface area contributed by atoms with Crippen LogP contribution in [-0.2, 0) is 9.47 Å². The van der Waals surface area contributed by atoms with Crippen LogP contribution in [0.1, 0.15) is 52.9 Å². The SMILES string of the molecule is COc1cc(=O)oc(C(C)=CC(C)=CC(C)=CC2(C)OC(C)C3(C)OC23)c1C. The Hall–Kier alpha value is -2.11. The molecule has 1 aromatic heterocycles. The first kappa shape index (κ1) is 20.6. The van der Waals surface area contributed by atoms with E-state index in [1.54, 1.807) is 7.11 Å². The van der Waals surface area contributed by atoms with Gasteiger partial charge in [-0.1, -0.05) is 23.3 Å². The third-order valence-electron chi connectivity index (χ3n) is 5.75. The molecule has 3 rings (SSSR count). The summed E-state index contributed by atoms with van der Waals surface area (Å²) in [6.07, 6.45) is 6.41. The highest BCUT2D eigenvalue weighted by atomic mass is 16.7. The molecule has 3 heterocycles. The summed E-state index contributed by atoms with van der Waals surface area (Å²) in [5, 5.41) is 0. The molecule has 4 unspecified atom stereocenters. The van der Waals surface area contributed by atoms with Crippen molar-refractivity contribution in [3.8, 4) is 5.75 Å². The van der Waals surface area contributed by atoms with Crippen molar-refractivity contribution in [1.82, 2.24) is 0 Å². The molecule has 152 valence electrons. The van der Waals surface area contributed by atoms with Gasteiger partial charge in [-0.25, -0.2) is 4.79 Å². The summed E-state index contributed by atoms with van der Waals surface area (Å²) in [7, 11) is 1.55. The lowest BCUT2D eigenvalue weighted by molar-refractivity contribution is -0.0719. The average Bonchev–Trinajstić information content (AvgIpc) is 3.25. The first-order chi connectivity index (χ1) is 13.0. The Morgan fingerprint density at radius 3 is 2.36 bits per heavy atom. The summed E-state index contributed by atoms with van der Waals surface area (Å²) in [4.78, 5) is 11.8. The number of allylic oxidation sites excluding steroid dienone is 5. The minimum Gasteiger partial charge on any atom is -0.496 e. The van der Waals surface area contributed by atoms with Gasteiger partial charge in [0.1, 0.15) is 28.8 Å². The smallest absolute Gasteiger partial charge is 0.339 e. The molecule has 28 heavy (non-hydrogen) atoms. The molecule has 0 radical (unpaired) electrons. The van der Waals surface area contributed by atoms with E-state index >= 15 is 0 Å². The highest BCUT2D eigenvalue weighted by molar-refractivity contribution is 5.66. The quantitative estimate of drug-likeness (QED) is 0.547. The molecule has 2 fully saturated rings. The van der Waals surface area contributed by atoms with E-state index in [1.165, 1.54) is 6.07 Å². The fraction of sp³-hybridized carbons (Fsp3) is 0.522. The minimum absolute atomic E-state index is 0.0812. The Morgan fingerprint density at radius 2 is 1.82 bits per heavy atom. The van der Waals surface area contributed by atoms with E-state index in [9.17, 15) is 4.79 Å². The number of ether oxygens (including phenoxy) is 3. The number of methoxy groups -OCH3 is 1. The van der Waals surface area contributed by atoms with Gasteiger partial charge in [0.05, 0.1) is 19.3 Å². The predicted molar refractivity (Wildman–Crippen MR) is 110 cm³/mol. The van der Waals surface area contributed by atoms with Gasteiger partial charge in [-0.05, 0) is 60.1 Å². The Balaban J connectivity index is 1.84. The number of hydrogen-bond acceptors (Lipinski definition) is 5. The molecule has 2 aliphatic heterocycles. The second-order valence-electron chi connectivity index (χ2n) is 8.32. The first-order valence-electron chi connectivity index (χ1n) is 9.61. The molecule has 5 nitrogen and oxygen atoms in total. The summed E-state index contributed by atoms with van der Waals surface area (Å²) in [5.74, 6) is 1.07. The van der Waals surface area contributed by atoms with Crippen LogP contribution in [0.4, 0.5) is 0 Å². The van der Waals surface area contributed by atoms with Crippen molar-refractivity contribution >= 4 is 5.57 Å². The molecule has 0 amide bonds. The molecule has 0 N–H and O–H groups in total. The van der Waals surface area contributed by atoms with Gasteiger partial charge in [0, 0.05) is 5.56 Å². The van der Waals surface area contributed by atoms with Gasteiger partial charge in [0.15, 0.2) is 0 Å². The van der Waals surface area contributed by atoms with Gasteiger partial charge in [-0.3, -0.25) is 0 Å². The predicted octanol–water partition coefficient (Wildman–Crippen LogP) is 4.59. The molecular formula is C23H30O5. The van der Waals surface area contributed by atoms with Crippen LogP contribution in [0.15, 0.2) is 44.7 Å². The van der Waals surface area contributed by atoms with Crippen molar-refractivity contribution < 1.29 is 18.6 Å². The minimum atomic E-state index is -0.421. The van der Waals surface area contributed by atoms with E-state index in [-0.39, 0.29) is 17.8 Å². The van der Waals surface area contributed by atoms with Gasteiger partial charge in [-0.2, -0.15) is 0 Å². The van der Waals surface area contributed by atoms with E-state index in [4.69, 9.17) is 18.6 Å². The van der Waals surface area contributed by atoms with E-state index in [0.717, 1.165) is 22.3 Å². The second kappa shape index (κ2) is 7.05. The normalized spacial score (nSPS) is 33.1. The van der Waals surface area contributed by atoms with Crippen molar-refractivity contribution in [2.24, 2.45) is 0 Å². The van der Waals surface area contributed by atoms with Crippen LogP contribution < -0.4 is 10.4 Å². The van der Waals surface area contributed by atoms with Gasteiger partial charge in [0.25, 0.3) is 0 Å².